The lowest BCUT2D eigenvalue weighted by molar-refractivity contribution is -0.131. The maximum atomic E-state index is 12.8. The van der Waals surface area contributed by atoms with Crippen LogP contribution in [0.1, 0.15) is 50.5 Å². The number of aromatic nitrogens is 1. The standard InChI is InChI=1S/C27H36N4O2/c1-6-29(7-2)26(32)19-31-16-15-23-17-24(13-14-25(23)31)28-27(33)22-11-9-21(10-12-22)18-30(8-3)20(4)5/h9-17,20H,6-8,18-19H2,1-5H3,(H,28,33). The van der Waals surface area contributed by atoms with Crippen LogP contribution < -0.4 is 5.32 Å². The van der Waals surface area contributed by atoms with Gasteiger partial charge < -0.3 is 14.8 Å². The first-order valence-corrected chi connectivity index (χ1v) is 11.9. The molecule has 0 aliphatic carbocycles. The highest BCUT2D eigenvalue weighted by atomic mass is 16.2. The van der Waals surface area contributed by atoms with Crippen LogP contribution in [0.4, 0.5) is 5.69 Å². The van der Waals surface area contributed by atoms with Crippen molar-refractivity contribution in [2.45, 2.75) is 53.8 Å². The summed E-state index contributed by atoms with van der Waals surface area (Å²) in [5.41, 5.74) is 3.54. The quantitative estimate of drug-likeness (QED) is 0.475. The van der Waals surface area contributed by atoms with Gasteiger partial charge in [0.1, 0.15) is 6.54 Å². The summed E-state index contributed by atoms with van der Waals surface area (Å²) in [7, 11) is 0. The zero-order valence-corrected chi connectivity index (χ0v) is 20.5. The molecule has 0 bridgehead atoms. The van der Waals surface area contributed by atoms with E-state index in [9.17, 15) is 9.59 Å². The summed E-state index contributed by atoms with van der Waals surface area (Å²) in [6.07, 6.45) is 1.92. The molecule has 0 radical (unpaired) electrons. The predicted molar refractivity (Wildman–Crippen MR) is 135 cm³/mol. The van der Waals surface area contributed by atoms with Crippen LogP contribution in [0.2, 0.25) is 0 Å². The second-order valence-corrected chi connectivity index (χ2v) is 8.59. The Labute approximate surface area is 197 Å². The molecular formula is C27H36N4O2. The summed E-state index contributed by atoms with van der Waals surface area (Å²) < 4.78 is 1.96. The van der Waals surface area contributed by atoms with Crippen molar-refractivity contribution in [3.05, 3.63) is 65.9 Å². The highest BCUT2D eigenvalue weighted by molar-refractivity contribution is 6.05. The minimum atomic E-state index is -0.131. The molecule has 176 valence electrons. The van der Waals surface area contributed by atoms with Crippen molar-refractivity contribution in [2.75, 3.05) is 25.0 Å². The summed E-state index contributed by atoms with van der Waals surface area (Å²) in [6, 6.07) is 16.1. The zero-order valence-electron chi connectivity index (χ0n) is 20.5. The molecule has 1 aromatic heterocycles. The summed E-state index contributed by atoms with van der Waals surface area (Å²) in [5, 5.41) is 3.98. The van der Waals surface area contributed by atoms with E-state index in [1.54, 1.807) is 0 Å². The third kappa shape index (κ3) is 6.02. The Balaban J connectivity index is 1.67. The van der Waals surface area contributed by atoms with E-state index in [-0.39, 0.29) is 11.8 Å². The number of hydrogen-bond acceptors (Lipinski definition) is 3. The molecule has 2 aromatic carbocycles. The van der Waals surface area contributed by atoms with Gasteiger partial charge in [-0.05, 0) is 76.2 Å². The molecule has 2 amide bonds. The minimum absolute atomic E-state index is 0.105. The van der Waals surface area contributed by atoms with Crippen molar-refractivity contribution in [2.24, 2.45) is 0 Å². The van der Waals surface area contributed by atoms with Crippen molar-refractivity contribution in [1.82, 2.24) is 14.4 Å². The van der Waals surface area contributed by atoms with Crippen molar-refractivity contribution >= 4 is 28.4 Å². The maximum Gasteiger partial charge on any atom is 0.255 e. The van der Waals surface area contributed by atoms with Crippen LogP contribution in [-0.4, -0.2) is 51.9 Å². The monoisotopic (exact) mass is 448 g/mol. The summed E-state index contributed by atoms with van der Waals surface area (Å²) in [6.45, 7) is 14.1. The number of anilines is 1. The summed E-state index contributed by atoms with van der Waals surface area (Å²) >= 11 is 0. The van der Waals surface area contributed by atoms with Crippen LogP contribution >= 0.6 is 0 Å². The first-order chi connectivity index (χ1) is 15.9. The molecule has 0 saturated heterocycles. The lowest BCUT2D eigenvalue weighted by atomic mass is 10.1. The number of rotatable bonds is 10. The Morgan fingerprint density at radius 2 is 1.64 bits per heavy atom. The molecule has 0 saturated carbocycles. The normalized spacial score (nSPS) is 11.4. The second-order valence-electron chi connectivity index (χ2n) is 8.59. The van der Waals surface area contributed by atoms with Gasteiger partial charge in [0.2, 0.25) is 5.91 Å². The molecule has 6 heteroatoms. The highest BCUT2D eigenvalue weighted by Gasteiger charge is 2.13. The number of nitrogens with one attached hydrogen (secondary N) is 1. The number of carbonyl (C=O) groups excluding carboxylic acids is 2. The van der Waals surface area contributed by atoms with E-state index < -0.39 is 0 Å². The molecule has 0 atom stereocenters. The van der Waals surface area contributed by atoms with Crippen LogP contribution in [0.25, 0.3) is 10.9 Å². The van der Waals surface area contributed by atoms with Gasteiger partial charge >= 0.3 is 0 Å². The molecule has 1 heterocycles. The average molecular weight is 449 g/mol. The van der Waals surface area contributed by atoms with Crippen molar-refractivity contribution < 1.29 is 9.59 Å². The van der Waals surface area contributed by atoms with Gasteiger partial charge in [0.15, 0.2) is 0 Å². The molecular weight excluding hydrogens is 412 g/mol. The lowest BCUT2D eigenvalue weighted by Gasteiger charge is -2.24. The van der Waals surface area contributed by atoms with Crippen molar-refractivity contribution in [3.8, 4) is 0 Å². The number of hydrogen-bond donors (Lipinski definition) is 1. The highest BCUT2D eigenvalue weighted by Crippen LogP contribution is 2.21. The average Bonchev–Trinajstić information content (AvgIpc) is 3.20. The Morgan fingerprint density at radius 1 is 0.939 bits per heavy atom. The Bertz CT molecular complexity index is 1080. The Hall–Kier alpha value is -3.12. The summed E-state index contributed by atoms with van der Waals surface area (Å²) in [4.78, 5) is 29.4. The Kier molecular flexibility index (Phi) is 8.28. The minimum Gasteiger partial charge on any atom is -0.342 e. The smallest absolute Gasteiger partial charge is 0.255 e. The van der Waals surface area contributed by atoms with Crippen molar-refractivity contribution in [3.63, 3.8) is 0 Å². The molecule has 33 heavy (non-hydrogen) atoms. The van der Waals surface area contributed by atoms with Crippen LogP contribution in [0.5, 0.6) is 0 Å². The number of amides is 2. The van der Waals surface area contributed by atoms with Gasteiger partial charge in [-0.15, -0.1) is 0 Å². The van der Waals surface area contributed by atoms with E-state index in [1.807, 2.05) is 78.0 Å². The molecule has 3 rings (SSSR count). The van der Waals surface area contributed by atoms with Gasteiger partial charge in [0.05, 0.1) is 0 Å². The molecule has 0 unspecified atom stereocenters. The van der Waals surface area contributed by atoms with Gasteiger partial charge in [0.25, 0.3) is 5.91 Å². The van der Waals surface area contributed by atoms with E-state index in [4.69, 9.17) is 0 Å². The molecule has 0 aliphatic heterocycles. The van der Waals surface area contributed by atoms with Crippen molar-refractivity contribution in [1.29, 1.82) is 0 Å². The molecule has 0 spiro atoms. The summed E-state index contributed by atoms with van der Waals surface area (Å²) in [5.74, 6) is -0.0259. The van der Waals surface area contributed by atoms with Gasteiger partial charge in [0, 0.05) is 54.0 Å². The lowest BCUT2D eigenvalue weighted by Crippen LogP contribution is -2.33. The second kappa shape index (κ2) is 11.1. The first-order valence-electron chi connectivity index (χ1n) is 11.9. The fraction of sp³-hybridized carbons (Fsp3) is 0.407. The van der Waals surface area contributed by atoms with Crippen LogP contribution in [-0.2, 0) is 17.9 Å². The number of benzene rings is 2. The van der Waals surface area contributed by atoms with E-state index in [0.29, 0.717) is 31.2 Å². The molecule has 1 N–H and O–H groups in total. The molecule has 6 nitrogen and oxygen atoms in total. The number of nitrogens with zero attached hydrogens (tertiary/aromatic N) is 3. The number of fused-ring (bicyclic) bond motifs is 1. The molecule has 0 fully saturated rings. The maximum absolute atomic E-state index is 12.8. The van der Waals surface area contributed by atoms with Gasteiger partial charge in [-0.1, -0.05) is 19.1 Å². The van der Waals surface area contributed by atoms with Gasteiger partial charge in [-0.25, -0.2) is 0 Å². The van der Waals surface area contributed by atoms with Crippen LogP contribution in [0.15, 0.2) is 54.7 Å². The third-order valence-corrected chi connectivity index (χ3v) is 6.19. The van der Waals surface area contributed by atoms with E-state index >= 15 is 0 Å². The third-order valence-electron chi connectivity index (χ3n) is 6.19. The largest absolute Gasteiger partial charge is 0.342 e. The number of likely N-dealkylation sites (N-methyl/N-ethyl adjacent to an activating group) is 1. The first kappa shape index (κ1) is 24.5. The fourth-order valence-electron chi connectivity index (χ4n) is 4.10. The fourth-order valence-corrected chi connectivity index (χ4v) is 4.10. The SMILES string of the molecule is CCN(CC)C(=O)Cn1ccc2cc(NC(=O)c3ccc(CN(CC)C(C)C)cc3)ccc21. The number of carbonyl (C=O) groups is 2. The molecule has 3 aromatic rings. The van der Waals surface area contributed by atoms with Crippen LogP contribution in [0.3, 0.4) is 0 Å². The zero-order chi connectivity index (χ0) is 24.0. The van der Waals surface area contributed by atoms with E-state index in [2.05, 4.69) is 31.0 Å². The van der Waals surface area contributed by atoms with Gasteiger partial charge in [-0.2, -0.15) is 0 Å². The van der Waals surface area contributed by atoms with Gasteiger partial charge in [-0.3, -0.25) is 14.5 Å². The predicted octanol–water partition coefficient (Wildman–Crippen LogP) is 4.99. The van der Waals surface area contributed by atoms with E-state index in [1.165, 1.54) is 5.56 Å². The Morgan fingerprint density at radius 3 is 2.24 bits per heavy atom. The molecule has 0 aliphatic rings. The van der Waals surface area contributed by atoms with E-state index in [0.717, 1.165) is 29.7 Å². The topological polar surface area (TPSA) is 57.6 Å². The van der Waals surface area contributed by atoms with Crippen LogP contribution in [0, 0.1) is 0 Å².